The van der Waals surface area contributed by atoms with Crippen molar-refractivity contribution in [2.45, 2.75) is 24.4 Å². The number of ether oxygens (including phenoxy) is 1. The van der Waals surface area contributed by atoms with Crippen LogP contribution in [0, 0.1) is 11.8 Å². The molecule has 1 aromatic heterocycles. The van der Waals surface area contributed by atoms with Crippen LogP contribution in [0.25, 0.3) is 0 Å². The number of carbonyl (C=O) groups is 1. The molecule has 1 atom stereocenters. The fraction of sp³-hybridized carbons (Fsp3) is 0.333. The fourth-order valence-corrected chi connectivity index (χ4v) is 4.80. The van der Waals surface area contributed by atoms with Crippen molar-refractivity contribution >= 4 is 16.0 Å². The number of rotatable bonds is 7. The lowest BCUT2D eigenvalue weighted by atomic mass is 10.2. The minimum Gasteiger partial charge on any atom is -0.481 e. The lowest BCUT2D eigenvalue weighted by Crippen LogP contribution is -2.57. The van der Waals surface area contributed by atoms with Gasteiger partial charge in [0.25, 0.3) is 0 Å². The van der Waals surface area contributed by atoms with Crippen LogP contribution in [0.2, 0.25) is 0 Å². The third-order valence-corrected chi connectivity index (χ3v) is 6.67. The number of nitrogens with zero attached hydrogens (tertiary/aromatic N) is 3. The maximum atomic E-state index is 13.1. The Morgan fingerprint density at radius 3 is 2.67 bits per heavy atom. The highest BCUT2D eigenvalue weighted by Crippen LogP contribution is 2.24. The van der Waals surface area contributed by atoms with Crippen LogP contribution in [0.5, 0.6) is 5.75 Å². The van der Waals surface area contributed by atoms with Gasteiger partial charge in [0.05, 0.1) is 4.90 Å². The number of aliphatic carboxylic acids is 1. The van der Waals surface area contributed by atoms with Gasteiger partial charge in [-0.3, -0.25) is 14.7 Å². The second-order valence-corrected chi connectivity index (χ2v) is 8.64. The second-order valence-electron chi connectivity index (χ2n) is 6.75. The van der Waals surface area contributed by atoms with Crippen LogP contribution < -0.4 is 4.74 Å². The highest BCUT2D eigenvalue weighted by atomic mass is 32.2. The standard InChI is InChI=1S/C21H23N3O5S/c1-2-3-13-29-18-6-8-19(9-7-18)30(27,28)24-12-11-23(16-20(24)21(25)26)15-17-5-4-10-22-14-17/h4-10,14,20H,11-13,15-16H2,1H3,(H,25,26). The van der Waals surface area contributed by atoms with E-state index in [9.17, 15) is 18.3 Å². The highest BCUT2D eigenvalue weighted by molar-refractivity contribution is 7.89. The van der Waals surface area contributed by atoms with E-state index in [4.69, 9.17) is 4.74 Å². The summed E-state index contributed by atoms with van der Waals surface area (Å²) in [6, 6.07) is 8.47. The number of hydrogen-bond acceptors (Lipinski definition) is 6. The third-order valence-electron chi connectivity index (χ3n) is 4.75. The zero-order valence-electron chi connectivity index (χ0n) is 16.6. The summed E-state index contributed by atoms with van der Waals surface area (Å²) in [5.74, 6) is 4.79. The van der Waals surface area contributed by atoms with Crippen molar-refractivity contribution in [1.29, 1.82) is 0 Å². The van der Waals surface area contributed by atoms with Gasteiger partial charge in [0.1, 0.15) is 18.4 Å². The Bertz CT molecular complexity index is 1030. The van der Waals surface area contributed by atoms with Gasteiger partial charge in [-0.15, -0.1) is 5.92 Å². The molecule has 0 radical (unpaired) electrons. The van der Waals surface area contributed by atoms with E-state index in [1.54, 1.807) is 31.5 Å². The minimum atomic E-state index is -3.96. The number of aromatic nitrogens is 1. The molecule has 2 aromatic rings. The molecule has 1 aliphatic rings. The van der Waals surface area contributed by atoms with Gasteiger partial charge in [-0.2, -0.15) is 4.31 Å². The van der Waals surface area contributed by atoms with Gasteiger partial charge in [0, 0.05) is 38.6 Å². The van der Waals surface area contributed by atoms with Crippen LogP contribution in [0.3, 0.4) is 0 Å². The smallest absolute Gasteiger partial charge is 0.323 e. The van der Waals surface area contributed by atoms with E-state index < -0.39 is 22.0 Å². The van der Waals surface area contributed by atoms with Crippen molar-refractivity contribution < 1.29 is 23.1 Å². The molecule has 0 spiro atoms. The summed E-state index contributed by atoms with van der Waals surface area (Å²) in [6.45, 7) is 3.04. The summed E-state index contributed by atoms with van der Waals surface area (Å²) < 4.78 is 32.7. The molecule has 0 saturated carbocycles. The number of carboxylic acids is 1. The van der Waals surface area contributed by atoms with Gasteiger partial charge in [0.15, 0.2) is 0 Å². The predicted octanol–water partition coefficient (Wildman–Crippen LogP) is 1.44. The Hall–Kier alpha value is -2.93. The van der Waals surface area contributed by atoms with E-state index in [0.29, 0.717) is 18.8 Å². The Kier molecular flexibility index (Phi) is 7.05. The zero-order chi connectivity index (χ0) is 21.6. The molecule has 8 nitrogen and oxygen atoms in total. The molecule has 3 rings (SSSR count). The molecule has 1 unspecified atom stereocenters. The van der Waals surface area contributed by atoms with Crippen molar-refractivity contribution in [3.05, 3.63) is 54.4 Å². The van der Waals surface area contributed by atoms with Gasteiger partial charge >= 0.3 is 5.97 Å². The summed E-state index contributed by atoms with van der Waals surface area (Å²) in [7, 11) is -3.96. The average Bonchev–Trinajstić information content (AvgIpc) is 2.75. The maximum Gasteiger partial charge on any atom is 0.323 e. The lowest BCUT2D eigenvalue weighted by molar-refractivity contribution is -0.143. The van der Waals surface area contributed by atoms with Crippen molar-refractivity contribution in [3.8, 4) is 17.6 Å². The maximum absolute atomic E-state index is 13.1. The van der Waals surface area contributed by atoms with E-state index in [2.05, 4.69) is 16.8 Å². The first kappa shape index (κ1) is 21.8. The molecule has 1 aliphatic heterocycles. The average molecular weight is 429 g/mol. The summed E-state index contributed by atoms with van der Waals surface area (Å²) in [4.78, 5) is 17.9. The number of benzene rings is 1. The number of piperazine rings is 1. The van der Waals surface area contributed by atoms with Crippen LogP contribution in [0.15, 0.2) is 53.7 Å². The molecule has 158 valence electrons. The van der Waals surface area contributed by atoms with Crippen molar-refractivity contribution in [2.75, 3.05) is 26.2 Å². The molecule has 1 saturated heterocycles. The summed E-state index contributed by atoms with van der Waals surface area (Å²) >= 11 is 0. The Morgan fingerprint density at radius 1 is 1.27 bits per heavy atom. The third kappa shape index (κ3) is 5.16. The van der Waals surface area contributed by atoms with Crippen LogP contribution in [-0.4, -0.2) is 66.0 Å². The fourth-order valence-electron chi connectivity index (χ4n) is 3.24. The van der Waals surface area contributed by atoms with Crippen LogP contribution in [0.4, 0.5) is 0 Å². The molecule has 9 heteroatoms. The van der Waals surface area contributed by atoms with E-state index in [1.165, 1.54) is 12.1 Å². The lowest BCUT2D eigenvalue weighted by Gasteiger charge is -2.38. The number of carboxylic acid groups (broad SMARTS) is 1. The van der Waals surface area contributed by atoms with Gasteiger partial charge in [-0.1, -0.05) is 12.0 Å². The van der Waals surface area contributed by atoms with E-state index in [0.717, 1.165) is 9.87 Å². The van der Waals surface area contributed by atoms with Crippen LogP contribution in [-0.2, 0) is 21.4 Å². The monoisotopic (exact) mass is 429 g/mol. The Balaban J connectivity index is 1.74. The molecule has 0 aliphatic carbocycles. The number of pyridine rings is 1. The van der Waals surface area contributed by atoms with Crippen molar-refractivity contribution in [2.24, 2.45) is 0 Å². The summed E-state index contributed by atoms with van der Waals surface area (Å²) in [5, 5.41) is 9.69. The largest absolute Gasteiger partial charge is 0.481 e. The van der Waals surface area contributed by atoms with Gasteiger partial charge in [-0.05, 0) is 42.8 Å². The molecule has 1 fully saturated rings. The minimum absolute atomic E-state index is 0.0309. The Morgan fingerprint density at radius 2 is 2.03 bits per heavy atom. The zero-order valence-corrected chi connectivity index (χ0v) is 17.4. The van der Waals surface area contributed by atoms with E-state index >= 15 is 0 Å². The first-order valence-corrected chi connectivity index (χ1v) is 10.8. The van der Waals surface area contributed by atoms with Crippen molar-refractivity contribution in [1.82, 2.24) is 14.2 Å². The van der Waals surface area contributed by atoms with Gasteiger partial charge in [-0.25, -0.2) is 8.42 Å². The van der Waals surface area contributed by atoms with Gasteiger partial charge in [0.2, 0.25) is 10.0 Å². The van der Waals surface area contributed by atoms with Crippen LogP contribution >= 0.6 is 0 Å². The molecular weight excluding hydrogens is 406 g/mol. The molecule has 1 N–H and O–H groups in total. The second kappa shape index (κ2) is 9.71. The summed E-state index contributed by atoms with van der Waals surface area (Å²) in [5.41, 5.74) is 0.946. The van der Waals surface area contributed by atoms with E-state index in [-0.39, 0.29) is 24.6 Å². The molecular formula is C21H23N3O5S. The number of hydrogen-bond donors (Lipinski definition) is 1. The molecule has 0 bridgehead atoms. The highest BCUT2D eigenvalue weighted by Gasteiger charge is 2.40. The molecule has 2 heterocycles. The van der Waals surface area contributed by atoms with Crippen molar-refractivity contribution in [3.63, 3.8) is 0 Å². The molecule has 1 aromatic carbocycles. The topological polar surface area (TPSA) is 100 Å². The van der Waals surface area contributed by atoms with E-state index in [1.807, 2.05) is 17.0 Å². The first-order chi connectivity index (χ1) is 14.4. The predicted molar refractivity (Wildman–Crippen MR) is 110 cm³/mol. The Labute approximate surface area is 176 Å². The molecule has 30 heavy (non-hydrogen) atoms. The summed E-state index contributed by atoms with van der Waals surface area (Å²) in [6.07, 6.45) is 3.39. The van der Waals surface area contributed by atoms with Crippen LogP contribution in [0.1, 0.15) is 12.5 Å². The quantitative estimate of drug-likeness (QED) is 0.665. The SMILES string of the molecule is CC#CCOc1ccc(S(=O)(=O)N2CCN(Cc3cccnc3)CC2C(=O)O)cc1. The first-order valence-electron chi connectivity index (χ1n) is 9.40. The normalized spacial score (nSPS) is 17.7. The van der Waals surface area contributed by atoms with Gasteiger partial charge < -0.3 is 9.84 Å². The number of sulfonamides is 1. The molecule has 0 amide bonds.